The van der Waals surface area contributed by atoms with Crippen molar-refractivity contribution >= 4 is 17.3 Å². The molecule has 0 saturated heterocycles. The van der Waals surface area contributed by atoms with Gasteiger partial charge in [0.25, 0.3) is 5.88 Å². The molecule has 0 radical (unpaired) electrons. The molecule has 0 saturated carbocycles. The van der Waals surface area contributed by atoms with Crippen molar-refractivity contribution in [1.82, 2.24) is 5.16 Å². The lowest BCUT2D eigenvalue weighted by molar-refractivity contribution is 0.427. The summed E-state index contributed by atoms with van der Waals surface area (Å²) in [5, 5.41) is 11.5. The Labute approximate surface area is 99.8 Å². The highest BCUT2D eigenvalue weighted by Gasteiger charge is 1.98. The van der Waals surface area contributed by atoms with Crippen LogP contribution in [0.1, 0.15) is 6.92 Å². The van der Waals surface area contributed by atoms with E-state index in [-0.39, 0.29) is 0 Å². The van der Waals surface area contributed by atoms with E-state index in [1.54, 1.807) is 6.07 Å². The first-order chi connectivity index (χ1) is 8.29. The van der Waals surface area contributed by atoms with Crippen molar-refractivity contribution in [2.75, 3.05) is 18.5 Å². The Kier molecular flexibility index (Phi) is 3.49. The Balaban J connectivity index is 2.08. The maximum atomic E-state index is 4.82. The summed E-state index contributed by atoms with van der Waals surface area (Å²) >= 11 is 0. The van der Waals surface area contributed by atoms with E-state index < -0.39 is 0 Å². The molecule has 5 heteroatoms. The molecule has 0 unspecified atom stereocenters. The number of anilines is 1. The lowest BCUT2D eigenvalue weighted by atomic mass is 10.2. The molecule has 0 aliphatic heterocycles. The second kappa shape index (κ2) is 5.25. The number of nitrogens with zero attached hydrogens (tertiary/aromatic N) is 4. The molecule has 88 valence electrons. The zero-order valence-corrected chi connectivity index (χ0v) is 9.87. The van der Waals surface area contributed by atoms with Gasteiger partial charge in [-0.3, -0.25) is 0 Å². The second-order valence-electron chi connectivity index (χ2n) is 3.58. The standard InChI is InChI=1S/C12H14N4O/c1-3-16(2)11-6-4-10(5-7-11)14-15-12-8-9-13-17-12/h4-9H,3H2,1-2H3. The summed E-state index contributed by atoms with van der Waals surface area (Å²) in [5.41, 5.74) is 1.95. The molecule has 2 aromatic rings. The van der Waals surface area contributed by atoms with E-state index in [0.717, 1.165) is 17.9 Å². The molecule has 5 nitrogen and oxygen atoms in total. The van der Waals surface area contributed by atoms with Crippen molar-refractivity contribution in [2.24, 2.45) is 10.2 Å². The van der Waals surface area contributed by atoms with Crippen molar-refractivity contribution in [3.63, 3.8) is 0 Å². The fourth-order valence-electron chi connectivity index (χ4n) is 1.32. The molecule has 0 aliphatic rings. The van der Waals surface area contributed by atoms with Gasteiger partial charge < -0.3 is 9.42 Å². The van der Waals surface area contributed by atoms with Gasteiger partial charge in [-0.25, -0.2) is 0 Å². The molecule has 1 aromatic heterocycles. The Hall–Kier alpha value is -2.17. The normalized spacial score (nSPS) is 10.9. The van der Waals surface area contributed by atoms with Gasteiger partial charge >= 0.3 is 0 Å². The third kappa shape index (κ3) is 2.90. The fourth-order valence-corrected chi connectivity index (χ4v) is 1.32. The highest BCUT2D eigenvalue weighted by Crippen LogP contribution is 2.21. The van der Waals surface area contributed by atoms with E-state index in [9.17, 15) is 0 Å². The smallest absolute Gasteiger partial charge is 0.269 e. The lowest BCUT2D eigenvalue weighted by Gasteiger charge is -2.16. The van der Waals surface area contributed by atoms with Crippen LogP contribution < -0.4 is 4.90 Å². The van der Waals surface area contributed by atoms with E-state index >= 15 is 0 Å². The first-order valence-electron chi connectivity index (χ1n) is 5.43. The Bertz CT molecular complexity index is 476. The minimum Gasteiger partial charge on any atom is -0.375 e. The highest BCUT2D eigenvalue weighted by atomic mass is 16.5. The van der Waals surface area contributed by atoms with Crippen molar-refractivity contribution in [3.8, 4) is 0 Å². The van der Waals surface area contributed by atoms with Crippen molar-refractivity contribution in [3.05, 3.63) is 36.5 Å². The van der Waals surface area contributed by atoms with E-state index in [0.29, 0.717) is 5.88 Å². The van der Waals surface area contributed by atoms with Gasteiger partial charge in [-0.15, -0.1) is 10.2 Å². The van der Waals surface area contributed by atoms with Gasteiger partial charge in [0.05, 0.1) is 11.9 Å². The molecule has 17 heavy (non-hydrogen) atoms. The summed E-state index contributed by atoms with van der Waals surface area (Å²) in [6.45, 7) is 3.08. The summed E-state index contributed by atoms with van der Waals surface area (Å²) in [6, 6.07) is 9.52. The van der Waals surface area contributed by atoms with Gasteiger partial charge in [0, 0.05) is 25.3 Å². The largest absolute Gasteiger partial charge is 0.375 e. The number of benzene rings is 1. The van der Waals surface area contributed by atoms with Gasteiger partial charge in [-0.05, 0) is 31.2 Å². The van der Waals surface area contributed by atoms with Crippen LogP contribution in [0.4, 0.5) is 17.3 Å². The molecule has 0 atom stereocenters. The van der Waals surface area contributed by atoms with Gasteiger partial charge in [-0.2, -0.15) is 0 Å². The minimum absolute atomic E-state index is 0.403. The van der Waals surface area contributed by atoms with Gasteiger partial charge in [0.15, 0.2) is 0 Å². The lowest BCUT2D eigenvalue weighted by Crippen LogP contribution is -2.15. The third-order valence-corrected chi connectivity index (χ3v) is 2.45. The van der Waals surface area contributed by atoms with E-state index in [1.165, 1.54) is 6.20 Å². The predicted molar refractivity (Wildman–Crippen MR) is 66.1 cm³/mol. The van der Waals surface area contributed by atoms with Crippen molar-refractivity contribution in [2.45, 2.75) is 6.92 Å². The molecule has 0 fully saturated rings. The molecule has 0 bridgehead atoms. The molecular formula is C12H14N4O. The van der Waals surface area contributed by atoms with Gasteiger partial charge in [-0.1, -0.05) is 5.16 Å². The average molecular weight is 230 g/mol. The number of hydrogen-bond donors (Lipinski definition) is 0. The van der Waals surface area contributed by atoms with Gasteiger partial charge in [0.2, 0.25) is 0 Å². The molecular weight excluding hydrogens is 216 g/mol. The van der Waals surface area contributed by atoms with Crippen LogP contribution in [0, 0.1) is 0 Å². The molecule has 0 spiro atoms. The van der Waals surface area contributed by atoms with E-state index in [2.05, 4.69) is 27.2 Å². The minimum atomic E-state index is 0.403. The van der Waals surface area contributed by atoms with Crippen LogP contribution in [0.2, 0.25) is 0 Å². The Morgan fingerprint density at radius 2 is 1.94 bits per heavy atom. The zero-order chi connectivity index (χ0) is 12.1. The zero-order valence-electron chi connectivity index (χ0n) is 9.87. The SMILES string of the molecule is CCN(C)c1ccc(N=Nc2ccno2)cc1. The van der Waals surface area contributed by atoms with E-state index in [4.69, 9.17) is 4.52 Å². The first kappa shape index (κ1) is 11.3. The van der Waals surface area contributed by atoms with Crippen LogP contribution in [-0.2, 0) is 0 Å². The van der Waals surface area contributed by atoms with Crippen molar-refractivity contribution in [1.29, 1.82) is 0 Å². The van der Waals surface area contributed by atoms with E-state index in [1.807, 2.05) is 31.3 Å². The van der Waals surface area contributed by atoms with Crippen LogP contribution >= 0.6 is 0 Å². The summed E-state index contributed by atoms with van der Waals surface area (Å²) in [5.74, 6) is 0.403. The highest BCUT2D eigenvalue weighted by molar-refractivity contribution is 5.52. The molecule has 2 rings (SSSR count). The molecule has 0 aliphatic carbocycles. The second-order valence-corrected chi connectivity index (χ2v) is 3.58. The fraction of sp³-hybridized carbons (Fsp3) is 0.250. The third-order valence-electron chi connectivity index (χ3n) is 2.45. The molecule has 1 aromatic carbocycles. The Morgan fingerprint density at radius 3 is 2.53 bits per heavy atom. The maximum absolute atomic E-state index is 4.82. The Morgan fingerprint density at radius 1 is 1.18 bits per heavy atom. The van der Waals surface area contributed by atoms with Crippen LogP contribution in [0.15, 0.2) is 51.3 Å². The summed E-state index contributed by atoms with van der Waals surface area (Å²) in [4.78, 5) is 2.15. The topological polar surface area (TPSA) is 54.0 Å². The summed E-state index contributed by atoms with van der Waals surface area (Å²) in [6.07, 6.45) is 1.54. The molecule has 0 amide bonds. The van der Waals surface area contributed by atoms with Crippen LogP contribution in [0.25, 0.3) is 0 Å². The van der Waals surface area contributed by atoms with Gasteiger partial charge in [0.1, 0.15) is 0 Å². The number of rotatable bonds is 4. The van der Waals surface area contributed by atoms with Crippen LogP contribution in [0.5, 0.6) is 0 Å². The summed E-state index contributed by atoms with van der Waals surface area (Å²) in [7, 11) is 2.05. The molecule has 0 N–H and O–H groups in total. The van der Waals surface area contributed by atoms with Crippen molar-refractivity contribution < 1.29 is 4.52 Å². The van der Waals surface area contributed by atoms with Crippen LogP contribution in [0.3, 0.4) is 0 Å². The summed E-state index contributed by atoms with van der Waals surface area (Å²) < 4.78 is 4.82. The molecule has 1 heterocycles. The number of azo groups is 1. The quantitative estimate of drug-likeness (QED) is 0.755. The maximum Gasteiger partial charge on any atom is 0.269 e. The number of hydrogen-bond acceptors (Lipinski definition) is 5. The predicted octanol–water partition coefficient (Wildman–Crippen LogP) is 3.55. The first-order valence-corrected chi connectivity index (χ1v) is 5.43. The monoisotopic (exact) mass is 230 g/mol. The number of aromatic nitrogens is 1. The average Bonchev–Trinajstić information content (AvgIpc) is 2.89. The van der Waals surface area contributed by atoms with Crippen LogP contribution in [-0.4, -0.2) is 18.7 Å².